The minimum Gasteiger partial charge on any atom is -0.455 e. The molecule has 2 aromatic heterocycles. The van der Waals surface area contributed by atoms with Crippen LogP contribution in [0.3, 0.4) is 0 Å². The maximum absolute atomic E-state index is 11.0. The zero-order chi connectivity index (χ0) is 18.8. The molecule has 0 aliphatic heterocycles. The highest BCUT2D eigenvalue weighted by atomic mass is 35.5. The van der Waals surface area contributed by atoms with Crippen LogP contribution in [-0.4, -0.2) is 21.1 Å². The van der Waals surface area contributed by atoms with Crippen LogP contribution >= 0.6 is 11.6 Å². The molecule has 2 heterocycles. The maximum atomic E-state index is 11.0. The van der Waals surface area contributed by atoms with E-state index >= 15 is 0 Å². The molecule has 0 unspecified atom stereocenters. The molecule has 0 amide bonds. The van der Waals surface area contributed by atoms with Crippen molar-refractivity contribution in [2.45, 2.75) is 0 Å². The Labute approximate surface area is 157 Å². The van der Waals surface area contributed by atoms with Crippen molar-refractivity contribution >= 4 is 40.5 Å². The molecule has 0 aliphatic carbocycles. The summed E-state index contributed by atoms with van der Waals surface area (Å²) in [6, 6.07) is 15.5. The van der Waals surface area contributed by atoms with Crippen LogP contribution in [0.1, 0.15) is 5.76 Å². The van der Waals surface area contributed by atoms with Crippen LogP contribution in [0.4, 0.5) is 11.6 Å². The molecule has 0 radical (unpaired) electrons. The van der Waals surface area contributed by atoms with Crippen LogP contribution in [0.25, 0.3) is 22.4 Å². The number of rotatable bonds is 5. The van der Waals surface area contributed by atoms with Crippen molar-refractivity contribution in [3.05, 3.63) is 75.5 Å². The van der Waals surface area contributed by atoms with Crippen molar-refractivity contribution in [3.8, 4) is 11.3 Å². The third-order valence-electron chi connectivity index (χ3n) is 3.81. The summed E-state index contributed by atoms with van der Waals surface area (Å²) in [6.07, 6.45) is 1.49. The van der Waals surface area contributed by atoms with Gasteiger partial charge < -0.3 is 9.40 Å². The van der Waals surface area contributed by atoms with E-state index in [1.165, 1.54) is 18.3 Å². The van der Waals surface area contributed by atoms with Gasteiger partial charge in [-0.05, 0) is 36.4 Å². The van der Waals surface area contributed by atoms with Crippen LogP contribution in [0.15, 0.2) is 64.1 Å². The average molecular weight is 382 g/mol. The molecule has 0 atom stereocenters. The summed E-state index contributed by atoms with van der Waals surface area (Å²) in [5.74, 6) is 1.46. The third-order valence-corrected chi connectivity index (χ3v) is 4.13. The Morgan fingerprint density at radius 2 is 2.07 bits per heavy atom. The molecule has 2 aromatic carbocycles. The van der Waals surface area contributed by atoms with Gasteiger partial charge >= 0.3 is 0 Å². The molecule has 0 aliphatic rings. The quantitative estimate of drug-likeness (QED) is 0.292. The van der Waals surface area contributed by atoms with E-state index in [2.05, 4.69) is 20.5 Å². The predicted octanol–water partition coefficient (Wildman–Crippen LogP) is 4.83. The third kappa shape index (κ3) is 3.51. The van der Waals surface area contributed by atoms with Gasteiger partial charge in [0, 0.05) is 11.6 Å². The van der Waals surface area contributed by atoms with Crippen LogP contribution in [0, 0.1) is 10.1 Å². The Morgan fingerprint density at radius 3 is 2.89 bits per heavy atom. The maximum Gasteiger partial charge on any atom is 0.288 e. The predicted molar refractivity (Wildman–Crippen MR) is 103 cm³/mol. The molecular weight excluding hydrogens is 370 g/mol. The van der Waals surface area contributed by atoms with Gasteiger partial charge in [0.1, 0.15) is 16.5 Å². The molecule has 0 saturated carbocycles. The van der Waals surface area contributed by atoms with Gasteiger partial charge in [0.05, 0.1) is 22.2 Å². The van der Waals surface area contributed by atoms with Gasteiger partial charge in [-0.1, -0.05) is 23.7 Å². The number of fused-ring (bicyclic) bond motifs is 1. The largest absolute Gasteiger partial charge is 0.455 e. The minimum absolute atomic E-state index is 0.0760. The zero-order valence-electron chi connectivity index (χ0n) is 13.7. The van der Waals surface area contributed by atoms with E-state index in [1.54, 1.807) is 18.2 Å². The molecule has 0 bridgehead atoms. The lowest BCUT2D eigenvalue weighted by Crippen LogP contribution is -1.91. The average Bonchev–Trinajstić information content (AvgIpc) is 3.28. The molecule has 2 N–H and O–H groups in total. The molecule has 4 aromatic rings. The van der Waals surface area contributed by atoms with Gasteiger partial charge in [0.15, 0.2) is 0 Å². The number of imidazole rings is 1. The number of H-pyrrole nitrogens is 1. The van der Waals surface area contributed by atoms with Crippen molar-refractivity contribution in [2.24, 2.45) is 5.10 Å². The number of nitrogens with one attached hydrogen (secondary N) is 2. The summed E-state index contributed by atoms with van der Waals surface area (Å²) in [5, 5.41) is 15.2. The smallest absolute Gasteiger partial charge is 0.288 e. The summed E-state index contributed by atoms with van der Waals surface area (Å²) in [5.41, 5.74) is 4.91. The Balaban J connectivity index is 1.50. The molecule has 8 nitrogen and oxygen atoms in total. The van der Waals surface area contributed by atoms with Crippen molar-refractivity contribution in [2.75, 3.05) is 5.43 Å². The summed E-state index contributed by atoms with van der Waals surface area (Å²) < 4.78 is 5.66. The number of para-hydroxylation sites is 2. The van der Waals surface area contributed by atoms with Crippen LogP contribution < -0.4 is 5.43 Å². The van der Waals surface area contributed by atoms with Gasteiger partial charge in [-0.15, -0.1) is 0 Å². The SMILES string of the molecule is O=[N+]([O-])c1cc(-c2ccc(C=NNc3nc4ccccc4[nH]3)o2)ccc1Cl. The van der Waals surface area contributed by atoms with Gasteiger partial charge in [-0.25, -0.2) is 10.4 Å². The fourth-order valence-electron chi connectivity index (χ4n) is 2.55. The molecule has 0 fully saturated rings. The van der Waals surface area contributed by atoms with Crippen LogP contribution in [-0.2, 0) is 0 Å². The van der Waals surface area contributed by atoms with E-state index in [0.29, 0.717) is 23.0 Å². The second-order valence-electron chi connectivity index (χ2n) is 5.60. The van der Waals surface area contributed by atoms with Crippen molar-refractivity contribution < 1.29 is 9.34 Å². The van der Waals surface area contributed by atoms with E-state index in [9.17, 15) is 10.1 Å². The number of hydrogen-bond donors (Lipinski definition) is 2. The van der Waals surface area contributed by atoms with Crippen molar-refractivity contribution in [3.63, 3.8) is 0 Å². The summed E-state index contributed by atoms with van der Waals surface area (Å²) >= 11 is 5.83. The van der Waals surface area contributed by atoms with E-state index in [4.69, 9.17) is 16.0 Å². The summed E-state index contributed by atoms with van der Waals surface area (Å²) in [7, 11) is 0. The number of benzene rings is 2. The summed E-state index contributed by atoms with van der Waals surface area (Å²) in [4.78, 5) is 17.9. The topological polar surface area (TPSA) is 109 Å². The fraction of sp³-hybridized carbons (Fsp3) is 0. The standard InChI is InChI=1S/C18H12ClN5O3/c19-13-7-5-11(9-16(13)24(25)26)17-8-6-12(27-17)10-20-23-18-21-14-3-1-2-4-15(14)22-18/h1-10H,(H2,21,22,23). The van der Waals surface area contributed by atoms with E-state index in [1.807, 2.05) is 24.3 Å². The first kappa shape index (κ1) is 16.8. The number of aromatic nitrogens is 2. The normalized spacial score (nSPS) is 11.3. The fourth-order valence-corrected chi connectivity index (χ4v) is 2.73. The molecular formula is C18H12ClN5O3. The molecule has 4 rings (SSSR count). The molecule has 27 heavy (non-hydrogen) atoms. The Bertz CT molecular complexity index is 1130. The number of nitro benzene ring substituents is 1. The second-order valence-corrected chi connectivity index (χ2v) is 6.01. The number of aromatic amines is 1. The Hall–Kier alpha value is -3.65. The Kier molecular flexibility index (Phi) is 4.31. The number of nitro groups is 1. The van der Waals surface area contributed by atoms with Crippen molar-refractivity contribution in [1.29, 1.82) is 0 Å². The lowest BCUT2D eigenvalue weighted by molar-refractivity contribution is -0.384. The second kappa shape index (κ2) is 6.93. The number of nitrogens with zero attached hydrogens (tertiary/aromatic N) is 3. The van der Waals surface area contributed by atoms with Gasteiger partial charge in [0.25, 0.3) is 5.69 Å². The molecule has 9 heteroatoms. The lowest BCUT2D eigenvalue weighted by atomic mass is 10.1. The number of furan rings is 1. The van der Waals surface area contributed by atoms with E-state index < -0.39 is 4.92 Å². The van der Waals surface area contributed by atoms with E-state index in [-0.39, 0.29) is 10.7 Å². The lowest BCUT2D eigenvalue weighted by Gasteiger charge is -1.99. The van der Waals surface area contributed by atoms with Crippen LogP contribution in [0.5, 0.6) is 0 Å². The summed E-state index contributed by atoms with van der Waals surface area (Å²) in [6.45, 7) is 0. The molecule has 0 saturated heterocycles. The highest BCUT2D eigenvalue weighted by Gasteiger charge is 2.15. The first-order chi connectivity index (χ1) is 13.1. The Morgan fingerprint density at radius 1 is 1.22 bits per heavy atom. The van der Waals surface area contributed by atoms with Gasteiger partial charge in [-0.3, -0.25) is 10.1 Å². The zero-order valence-corrected chi connectivity index (χ0v) is 14.5. The van der Waals surface area contributed by atoms with Gasteiger partial charge in [0.2, 0.25) is 5.95 Å². The molecule has 0 spiro atoms. The van der Waals surface area contributed by atoms with Crippen molar-refractivity contribution in [1.82, 2.24) is 9.97 Å². The van der Waals surface area contributed by atoms with Gasteiger partial charge in [-0.2, -0.15) is 5.10 Å². The highest BCUT2D eigenvalue weighted by Crippen LogP contribution is 2.31. The number of hydrogen-bond acceptors (Lipinski definition) is 6. The first-order valence-corrected chi connectivity index (χ1v) is 8.26. The highest BCUT2D eigenvalue weighted by molar-refractivity contribution is 6.32. The monoisotopic (exact) mass is 381 g/mol. The number of anilines is 1. The minimum atomic E-state index is -0.533. The molecule has 134 valence electrons. The number of halogens is 1. The first-order valence-electron chi connectivity index (χ1n) is 7.88. The van der Waals surface area contributed by atoms with E-state index in [0.717, 1.165) is 11.0 Å². The van der Waals surface area contributed by atoms with Crippen LogP contribution in [0.2, 0.25) is 5.02 Å². The number of hydrazone groups is 1.